The van der Waals surface area contributed by atoms with E-state index in [-0.39, 0.29) is 36.1 Å². The number of hydrogen-bond acceptors (Lipinski definition) is 7. The Morgan fingerprint density at radius 2 is 1.82 bits per heavy atom. The van der Waals surface area contributed by atoms with Crippen LogP contribution in [0.5, 0.6) is 0 Å². The van der Waals surface area contributed by atoms with Crippen molar-refractivity contribution in [2.24, 2.45) is 33.7 Å². The third-order valence-corrected chi connectivity index (χ3v) is 11.7. The van der Waals surface area contributed by atoms with E-state index in [1.165, 1.54) is 0 Å². The number of carbonyl (C=O) groups excluding carboxylic acids is 2. The van der Waals surface area contributed by atoms with Crippen LogP contribution in [0.1, 0.15) is 75.1 Å². The third kappa shape index (κ3) is 4.06. The Kier molecular flexibility index (Phi) is 6.61. The molecule has 9 heteroatoms. The minimum Gasteiger partial charge on any atom is -0.458 e. The molecule has 1 aromatic carbocycles. The molecule has 5 aliphatic rings. The van der Waals surface area contributed by atoms with Gasteiger partial charge in [-0.2, -0.15) is 5.10 Å². The van der Waals surface area contributed by atoms with Crippen molar-refractivity contribution in [3.63, 3.8) is 0 Å². The molecule has 210 valence electrons. The summed E-state index contributed by atoms with van der Waals surface area (Å²) in [6.45, 7) is 2.46. The minimum atomic E-state index is -1.17. The van der Waals surface area contributed by atoms with Crippen LogP contribution in [0.2, 0.25) is 0 Å². The summed E-state index contributed by atoms with van der Waals surface area (Å²) in [6.07, 6.45) is 8.14. The number of halogens is 1. The molecule has 0 unspecified atom stereocenters. The van der Waals surface area contributed by atoms with Crippen LogP contribution in [0.15, 0.2) is 45.5 Å². The molecule has 1 aliphatic heterocycles. The number of fused-ring (bicyclic) bond motifs is 5. The standard InChI is InChI=1S/C30H37BrN2O6/c1-27-10-7-23-24(30(27,38)13-9-22(27)19-14-25(35)39-16-19)8-12-29(37)15-21(34)6-11-28(23,29)17-32-33-26(36)18-2-4-20(31)5-3-18/h2-5,14,17,21-24,34,37-38H,6-13,15-16H2,1H3,(H,33,36)/b32-17-/t21-,22+,23+,24-,27-,28+,29+,30+/m1/s1. The summed E-state index contributed by atoms with van der Waals surface area (Å²) < 4.78 is 6.10. The predicted octanol–water partition coefficient (Wildman–Crippen LogP) is 3.88. The van der Waals surface area contributed by atoms with Crippen LogP contribution in [0.4, 0.5) is 0 Å². The molecular weight excluding hydrogens is 564 g/mol. The highest BCUT2D eigenvalue weighted by atomic mass is 79.9. The second-order valence-electron chi connectivity index (χ2n) is 12.7. The predicted molar refractivity (Wildman–Crippen MR) is 148 cm³/mol. The molecule has 4 fully saturated rings. The molecule has 0 spiro atoms. The first-order chi connectivity index (χ1) is 18.5. The summed E-state index contributed by atoms with van der Waals surface area (Å²) in [5.41, 5.74) is 0.820. The number of aliphatic hydroxyl groups excluding tert-OH is 1. The van der Waals surface area contributed by atoms with E-state index in [2.05, 4.69) is 33.4 Å². The molecule has 0 aromatic heterocycles. The maximum Gasteiger partial charge on any atom is 0.331 e. The fraction of sp³-hybridized carbons (Fsp3) is 0.633. The number of nitrogens with one attached hydrogen (secondary N) is 1. The number of cyclic esters (lactones) is 1. The molecular formula is C30H37BrN2O6. The molecule has 6 rings (SSSR count). The fourth-order valence-corrected chi connectivity index (χ4v) is 9.50. The maximum absolute atomic E-state index is 12.8. The Morgan fingerprint density at radius 1 is 1.08 bits per heavy atom. The highest BCUT2D eigenvalue weighted by Crippen LogP contribution is 2.70. The summed E-state index contributed by atoms with van der Waals surface area (Å²) >= 11 is 3.38. The van der Waals surface area contributed by atoms with Crippen molar-refractivity contribution in [1.29, 1.82) is 0 Å². The number of rotatable bonds is 4. The van der Waals surface area contributed by atoms with Crippen molar-refractivity contribution in [3.05, 3.63) is 46.0 Å². The van der Waals surface area contributed by atoms with Gasteiger partial charge in [0.25, 0.3) is 5.91 Å². The van der Waals surface area contributed by atoms with E-state index in [1.807, 2.05) is 0 Å². The summed E-state index contributed by atoms with van der Waals surface area (Å²) in [5, 5.41) is 39.6. The molecule has 4 N–H and O–H groups in total. The second kappa shape index (κ2) is 9.50. The Morgan fingerprint density at radius 3 is 2.54 bits per heavy atom. The van der Waals surface area contributed by atoms with Gasteiger partial charge in [-0.05, 0) is 99.0 Å². The third-order valence-electron chi connectivity index (χ3n) is 11.2. The largest absolute Gasteiger partial charge is 0.458 e. The number of hydrazone groups is 1. The van der Waals surface area contributed by atoms with E-state index in [0.29, 0.717) is 44.3 Å². The second-order valence-corrected chi connectivity index (χ2v) is 13.6. The monoisotopic (exact) mass is 600 g/mol. The van der Waals surface area contributed by atoms with Crippen LogP contribution in [-0.4, -0.2) is 57.3 Å². The lowest BCUT2D eigenvalue weighted by Gasteiger charge is -2.65. The van der Waals surface area contributed by atoms with Crippen LogP contribution in [0.25, 0.3) is 0 Å². The van der Waals surface area contributed by atoms with Crippen LogP contribution < -0.4 is 5.43 Å². The minimum absolute atomic E-state index is 0.0515. The van der Waals surface area contributed by atoms with Gasteiger partial charge in [-0.1, -0.05) is 22.9 Å². The topological polar surface area (TPSA) is 128 Å². The quantitative estimate of drug-likeness (QED) is 0.236. The van der Waals surface area contributed by atoms with Crippen molar-refractivity contribution in [1.82, 2.24) is 5.43 Å². The molecule has 4 aliphatic carbocycles. The van der Waals surface area contributed by atoms with Gasteiger partial charge in [-0.15, -0.1) is 0 Å². The van der Waals surface area contributed by atoms with Gasteiger partial charge in [-0.25, -0.2) is 10.2 Å². The van der Waals surface area contributed by atoms with E-state index in [4.69, 9.17) is 4.74 Å². The van der Waals surface area contributed by atoms with Gasteiger partial charge in [0.1, 0.15) is 6.61 Å². The average molecular weight is 602 g/mol. The zero-order chi connectivity index (χ0) is 27.6. The van der Waals surface area contributed by atoms with Crippen molar-refractivity contribution < 1.29 is 29.6 Å². The molecule has 1 aromatic rings. The van der Waals surface area contributed by atoms with E-state index in [1.54, 1.807) is 36.6 Å². The zero-order valence-corrected chi connectivity index (χ0v) is 23.8. The zero-order valence-electron chi connectivity index (χ0n) is 22.2. The van der Waals surface area contributed by atoms with E-state index >= 15 is 0 Å². The molecule has 0 bridgehead atoms. The number of carbonyl (C=O) groups is 2. The van der Waals surface area contributed by atoms with Crippen molar-refractivity contribution in [2.45, 2.75) is 82.0 Å². The van der Waals surface area contributed by atoms with Crippen LogP contribution in [0.3, 0.4) is 0 Å². The number of benzene rings is 1. The van der Waals surface area contributed by atoms with E-state index in [0.717, 1.165) is 29.3 Å². The Balaban J connectivity index is 1.32. The lowest BCUT2D eigenvalue weighted by atomic mass is 9.41. The average Bonchev–Trinajstić information content (AvgIpc) is 3.44. The fourth-order valence-electron chi connectivity index (χ4n) is 9.23. The Labute approximate surface area is 237 Å². The number of esters is 1. The Bertz CT molecular complexity index is 1230. The summed E-state index contributed by atoms with van der Waals surface area (Å²) in [4.78, 5) is 24.6. The van der Waals surface area contributed by atoms with Gasteiger partial charge < -0.3 is 20.1 Å². The summed E-state index contributed by atoms with van der Waals surface area (Å²) in [6, 6.07) is 7.01. The normalized spacial score (nSPS) is 43.3. The smallest absolute Gasteiger partial charge is 0.331 e. The lowest BCUT2D eigenvalue weighted by molar-refractivity contribution is -0.237. The maximum atomic E-state index is 12.8. The van der Waals surface area contributed by atoms with Gasteiger partial charge in [0.15, 0.2) is 0 Å². The molecule has 1 amide bonds. The number of amides is 1. The SMILES string of the molecule is C[C@]12CC[C@H]3[C@@H](CC[C@]4(O)C[C@H](O)CC[C@]34/C=N\NC(=O)c3ccc(Br)cc3)[C@@]1(O)CC[C@H]2C1=CC(=O)OC1. The van der Waals surface area contributed by atoms with Gasteiger partial charge in [-0.3, -0.25) is 4.79 Å². The number of aliphatic hydroxyl groups is 3. The molecule has 8 nitrogen and oxygen atoms in total. The van der Waals surface area contributed by atoms with Crippen LogP contribution in [-0.2, 0) is 9.53 Å². The molecule has 1 heterocycles. The molecule has 0 saturated heterocycles. The van der Waals surface area contributed by atoms with Crippen molar-refractivity contribution in [2.75, 3.05) is 6.61 Å². The first kappa shape index (κ1) is 27.1. The number of nitrogens with zero attached hydrogens (tertiary/aromatic N) is 1. The summed E-state index contributed by atoms with van der Waals surface area (Å²) in [7, 11) is 0. The first-order valence-corrected chi connectivity index (χ1v) is 14.9. The van der Waals surface area contributed by atoms with Crippen LogP contribution >= 0.6 is 15.9 Å². The first-order valence-electron chi connectivity index (χ1n) is 14.1. The molecule has 39 heavy (non-hydrogen) atoms. The molecule has 8 atom stereocenters. The molecule has 0 radical (unpaired) electrons. The highest BCUT2D eigenvalue weighted by Gasteiger charge is 2.71. The number of hydrogen-bond donors (Lipinski definition) is 4. The van der Waals surface area contributed by atoms with Gasteiger partial charge >= 0.3 is 5.97 Å². The molecule has 4 saturated carbocycles. The lowest BCUT2D eigenvalue weighted by Crippen LogP contribution is -2.68. The van der Waals surface area contributed by atoms with Gasteiger partial charge in [0, 0.05) is 39.6 Å². The van der Waals surface area contributed by atoms with Gasteiger partial charge in [0.2, 0.25) is 0 Å². The van der Waals surface area contributed by atoms with E-state index < -0.39 is 28.1 Å². The van der Waals surface area contributed by atoms with Crippen molar-refractivity contribution in [3.8, 4) is 0 Å². The summed E-state index contributed by atoms with van der Waals surface area (Å²) in [5.74, 6) is -0.675. The highest BCUT2D eigenvalue weighted by molar-refractivity contribution is 9.10. The Hall–Kier alpha value is -2.07. The van der Waals surface area contributed by atoms with Gasteiger partial charge in [0.05, 0.1) is 17.3 Å². The van der Waals surface area contributed by atoms with Crippen molar-refractivity contribution >= 4 is 34.0 Å². The van der Waals surface area contributed by atoms with E-state index in [9.17, 15) is 24.9 Å². The number of ether oxygens (including phenoxy) is 1. The van der Waals surface area contributed by atoms with Crippen LogP contribution in [0, 0.1) is 28.6 Å².